The zero-order chi connectivity index (χ0) is 19.5. The van der Waals surface area contributed by atoms with Crippen molar-refractivity contribution in [2.45, 2.75) is 38.1 Å². The van der Waals surface area contributed by atoms with Crippen molar-refractivity contribution in [3.05, 3.63) is 69.0 Å². The summed E-state index contributed by atoms with van der Waals surface area (Å²) in [7, 11) is 0. The molecule has 144 valence electrons. The van der Waals surface area contributed by atoms with Crippen LogP contribution < -0.4 is 0 Å². The zero-order valence-corrected chi connectivity index (χ0v) is 17.6. The number of carbonyl (C=O) groups is 1. The summed E-state index contributed by atoms with van der Waals surface area (Å²) in [5.41, 5.74) is 1.59. The second-order valence-corrected chi connectivity index (χ2v) is 8.74. The van der Waals surface area contributed by atoms with Gasteiger partial charge in [-0.25, -0.2) is 4.99 Å². The Hall–Kier alpha value is -1.75. The molecule has 0 spiro atoms. The monoisotopic (exact) mass is 430 g/mol. The topological polar surface area (TPSA) is 32.7 Å². The number of thioether (sulfide) groups is 1. The Bertz CT molecular complexity index is 937. The van der Waals surface area contributed by atoms with Crippen LogP contribution in [0.1, 0.15) is 37.7 Å². The third-order valence-electron chi connectivity index (χ3n) is 5.03. The summed E-state index contributed by atoms with van der Waals surface area (Å²) in [5.74, 6) is 0.00243. The fraction of sp³-hybridized carbons (Fsp3) is 0.273. The van der Waals surface area contributed by atoms with E-state index in [-0.39, 0.29) is 11.9 Å². The number of carbonyl (C=O) groups excluding carboxylic acids is 1. The van der Waals surface area contributed by atoms with E-state index in [0.717, 1.165) is 42.1 Å². The SMILES string of the molecule is O=C1/C(=C/c2cccc(Cl)c2Cl)SC(=Nc2ccccc2)N1C1CCCCC1. The molecule has 6 heteroatoms. The highest BCUT2D eigenvalue weighted by Gasteiger charge is 2.38. The molecule has 1 heterocycles. The van der Waals surface area contributed by atoms with Gasteiger partial charge in [-0.05, 0) is 54.4 Å². The Morgan fingerprint density at radius 1 is 1.00 bits per heavy atom. The van der Waals surface area contributed by atoms with Crippen molar-refractivity contribution in [3.8, 4) is 0 Å². The smallest absolute Gasteiger partial charge is 0.267 e. The van der Waals surface area contributed by atoms with Gasteiger partial charge in [-0.15, -0.1) is 0 Å². The molecule has 1 aliphatic carbocycles. The quantitative estimate of drug-likeness (QED) is 0.494. The molecule has 0 atom stereocenters. The first-order chi connectivity index (χ1) is 13.6. The first kappa shape index (κ1) is 19.6. The molecule has 2 fully saturated rings. The number of rotatable bonds is 3. The van der Waals surface area contributed by atoms with E-state index in [2.05, 4.69) is 0 Å². The van der Waals surface area contributed by atoms with E-state index in [4.69, 9.17) is 28.2 Å². The van der Waals surface area contributed by atoms with E-state index >= 15 is 0 Å². The van der Waals surface area contributed by atoms with Crippen LogP contribution in [0.3, 0.4) is 0 Å². The van der Waals surface area contributed by atoms with Crippen molar-refractivity contribution in [1.82, 2.24) is 4.90 Å². The number of hydrogen-bond acceptors (Lipinski definition) is 3. The van der Waals surface area contributed by atoms with Gasteiger partial charge in [0, 0.05) is 6.04 Å². The summed E-state index contributed by atoms with van der Waals surface area (Å²) in [4.78, 5) is 20.6. The first-order valence-corrected chi connectivity index (χ1v) is 11.0. The summed E-state index contributed by atoms with van der Waals surface area (Å²) in [6, 6.07) is 15.4. The molecule has 1 amide bonds. The molecule has 0 bridgehead atoms. The fourth-order valence-corrected chi connectivity index (χ4v) is 5.02. The lowest BCUT2D eigenvalue weighted by molar-refractivity contribution is -0.124. The lowest BCUT2D eigenvalue weighted by Gasteiger charge is -2.30. The summed E-state index contributed by atoms with van der Waals surface area (Å²) in [6.45, 7) is 0. The molecule has 4 rings (SSSR count). The summed E-state index contributed by atoms with van der Waals surface area (Å²) in [6.07, 6.45) is 7.40. The second-order valence-electron chi connectivity index (χ2n) is 6.95. The number of hydrogen-bond donors (Lipinski definition) is 0. The molecule has 28 heavy (non-hydrogen) atoms. The van der Waals surface area contributed by atoms with Crippen LogP contribution in [0.25, 0.3) is 6.08 Å². The standard InChI is InChI=1S/C22H20Cl2N2OS/c23-18-13-7-8-15(20(18)24)14-19-21(27)26(17-11-5-2-6-12-17)22(28-19)25-16-9-3-1-4-10-16/h1,3-4,7-10,13-14,17H,2,5-6,11-12H2/b19-14-,25-22?. The molecular weight excluding hydrogens is 411 g/mol. The number of benzene rings is 2. The number of amidine groups is 1. The normalized spacial score (nSPS) is 21.1. The van der Waals surface area contributed by atoms with Gasteiger partial charge in [0.1, 0.15) is 0 Å². The number of nitrogens with zero attached hydrogens (tertiary/aromatic N) is 2. The highest BCUT2D eigenvalue weighted by atomic mass is 35.5. The molecule has 3 nitrogen and oxygen atoms in total. The van der Waals surface area contributed by atoms with Gasteiger partial charge in [0.2, 0.25) is 0 Å². The molecule has 0 N–H and O–H groups in total. The Labute approximate surface area is 179 Å². The maximum Gasteiger partial charge on any atom is 0.267 e. The molecule has 1 saturated carbocycles. The van der Waals surface area contributed by atoms with Crippen molar-refractivity contribution in [1.29, 1.82) is 0 Å². The van der Waals surface area contributed by atoms with Crippen molar-refractivity contribution in [2.24, 2.45) is 4.99 Å². The molecule has 2 aromatic rings. The van der Waals surface area contributed by atoms with Gasteiger partial charge in [-0.3, -0.25) is 9.69 Å². The molecule has 1 saturated heterocycles. The Morgan fingerprint density at radius 2 is 1.75 bits per heavy atom. The van der Waals surface area contributed by atoms with E-state index in [9.17, 15) is 4.79 Å². The van der Waals surface area contributed by atoms with Gasteiger partial charge in [0.15, 0.2) is 5.17 Å². The van der Waals surface area contributed by atoms with Gasteiger partial charge >= 0.3 is 0 Å². The predicted octanol–water partition coefficient (Wildman–Crippen LogP) is 6.93. The van der Waals surface area contributed by atoms with Gasteiger partial charge < -0.3 is 0 Å². The van der Waals surface area contributed by atoms with E-state index < -0.39 is 0 Å². The fourth-order valence-electron chi connectivity index (χ4n) is 3.61. The van der Waals surface area contributed by atoms with Gasteiger partial charge in [0.25, 0.3) is 5.91 Å². The number of aliphatic imine (C=N–C) groups is 1. The van der Waals surface area contributed by atoms with Gasteiger partial charge in [0.05, 0.1) is 20.6 Å². The van der Waals surface area contributed by atoms with Gasteiger partial charge in [-0.2, -0.15) is 0 Å². The predicted molar refractivity (Wildman–Crippen MR) is 119 cm³/mol. The maximum absolute atomic E-state index is 13.3. The van der Waals surface area contributed by atoms with E-state index in [1.54, 1.807) is 6.07 Å². The molecule has 1 aliphatic heterocycles. The van der Waals surface area contributed by atoms with E-state index in [1.807, 2.05) is 53.4 Å². The Balaban J connectivity index is 1.72. The highest BCUT2D eigenvalue weighted by molar-refractivity contribution is 8.18. The minimum atomic E-state index is 0.00243. The van der Waals surface area contributed by atoms with E-state index in [1.165, 1.54) is 18.2 Å². The Morgan fingerprint density at radius 3 is 2.50 bits per heavy atom. The molecule has 2 aromatic carbocycles. The average Bonchev–Trinajstić information content (AvgIpc) is 3.02. The number of halogens is 2. The van der Waals surface area contributed by atoms with Crippen LogP contribution in [0.15, 0.2) is 58.4 Å². The second kappa shape index (κ2) is 8.73. The highest BCUT2D eigenvalue weighted by Crippen LogP contribution is 2.39. The van der Waals surface area contributed by atoms with Crippen molar-refractivity contribution in [3.63, 3.8) is 0 Å². The lowest BCUT2D eigenvalue weighted by Crippen LogP contribution is -2.40. The summed E-state index contributed by atoms with van der Waals surface area (Å²) < 4.78 is 0. The van der Waals surface area contributed by atoms with Gasteiger partial charge in [-0.1, -0.05) is 72.8 Å². The molecule has 0 unspecified atom stereocenters. The minimum absolute atomic E-state index is 0.00243. The Kier molecular flexibility index (Phi) is 6.10. The van der Waals surface area contributed by atoms with Crippen molar-refractivity contribution >= 4 is 57.8 Å². The third-order valence-corrected chi connectivity index (χ3v) is 6.84. The summed E-state index contributed by atoms with van der Waals surface area (Å²) in [5, 5.41) is 1.68. The van der Waals surface area contributed by atoms with Crippen LogP contribution in [0.4, 0.5) is 5.69 Å². The van der Waals surface area contributed by atoms with E-state index in [0.29, 0.717) is 15.0 Å². The first-order valence-electron chi connectivity index (χ1n) is 9.44. The molecule has 2 aliphatic rings. The van der Waals surface area contributed by atoms with Crippen LogP contribution in [0, 0.1) is 0 Å². The van der Waals surface area contributed by atoms with Crippen LogP contribution in [0.5, 0.6) is 0 Å². The largest absolute Gasteiger partial charge is 0.283 e. The van der Waals surface area contributed by atoms with Crippen molar-refractivity contribution < 1.29 is 4.79 Å². The molecule has 0 aromatic heterocycles. The summed E-state index contributed by atoms with van der Waals surface area (Å²) >= 11 is 13.9. The maximum atomic E-state index is 13.3. The molecule has 0 radical (unpaired) electrons. The zero-order valence-electron chi connectivity index (χ0n) is 15.3. The number of amides is 1. The van der Waals surface area contributed by atoms with Crippen LogP contribution in [0.2, 0.25) is 10.0 Å². The molecular formula is C22H20Cl2N2OS. The van der Waals surface area contributed by atoms with Crippen LogP contribution in [-0.4, -0.2) is 22.0 Å². The third kappa shape index (κ3) is 4.14. The van der Waals surface area contributed by atoms with Crippen molar-refractivity contribution in [2.75, 3.05) is 0 Å². The number of para-hydroxylation sites is 1. The average molecular weight is 431 g/mol. The van der Waals surface area contributed by atoms with Crippen LogP contribution in [-0.2, 0) is 4.79 Å². The minimum Gasteiger partial charge on any atom is -0.283 e. The van der Waals surface area contributed by atoms with Crippen LogP contribution >= 0.6 is 35.0 Å². The lowest BCUT2D eigenvalue weighted by atomic mass is 9.94.